The summed E-state index contributed by atoms with van der Waals surface area (Å²) in [6.07, 6.45) is 0. The third-order valence-electron chi connectivity index (χ3n) is 3.69. The SMILES string of the molecule is Fc1cc(Cl)cc(F)c1[C@@H](c1ccsc1)N1CCNCC1. The number of benzene rings is 1. The molecular formula is C15H15ClF2N2S. The molecule has 0 aliphatic carbocycles. The van der Waals surface area contributed by atoms with E-state index in [0.717, 1.165) is 31.7 Å². The molecule has 1 aliphatic rings. The van der Waals surface area contributed by atoms with Crippen molar-refractivity contribution in [2.45, 2.75) is 6.04 Å². The standard InChI is InChI=1S/C15H15ClF2N2S/c16-11-7-12(17)14(13(18)8-11)15(10-1-6-21-9-10)20-4-2-19-3-5-20/h1,6-9,15,19H,2-5H2/t15-/m1/s1. The molecule has 0 saturated carbocycles. The predicted octanol–water partition coefficient (Wildman–Crippen LogP) is 3.67. The van der Waals surface area contributed by atoms with Crippen molar-refractivity contribution in [2.75, 3.05) is 26.2 Å². The number of rotatable bonds is 3. The van der Waals surface area contributed by atoms with E-state index in [1.807, 2.05) is 16.8 Å². The van der Waals surface area contributed by atoms with Gasteiger partial charge >= 0.3 is 0 Å². The van der Waals surface area contributed by atoms with Crippen LogP contribution in [0.25, 0.3) is 0 Å². The van der Waals surface area contributed by atoms with Gasteiger partial charge in [-0.3, -0.25) is 4.90 Å². The first-order valence-electron chi connectivity index (χ1n) is 6.78. The molecule has 3 rings (SSSR count). The van der Waals surface area contributed by atoms with Crippen molar-refractivity contribution >= 4 is 22.9 Å². The largest absolute Gasteiger partial charge is 0.314 e. The molecule has 1 aromatic carbocycles. The lowest BCUT2D eigenvalue weighted by molar-refractivity contribution is 0.192. The lowest BCUT2D eigenvalue weighted by atomic mass is 9.97. The van der Waals surface area contributed by atoms with E-state index in [9.17, 15) is 8.78 Å². The number of thiophene rings is 1. The zero-order valence-corrected chi connectivity index (χ0v) is 12.9. The van der Waals surface area contributed by atoms with E-state index in [-0.39, 0.29) is 10.6 Å². The molecule has 1 atom stereocenters. The van der Waals surface area contributed by atoms with Gasteiger partial charge in [-0.1, -0.05) is 11.6 Å². The lowest BCUT2D eigenvalue weighted by Crippen LogP contribution is -2.45. The third kappa shape index (κ3) is 3.11. The van der Waals surface area contributed by atoms with Gasteiger partial charge in [0.1, 0.15) is 11.6 Å². The van der Waals surface area contributed by atoms with Crippen molar-refractivity contribution in [3.8, 4) is 0 Å². The molecule has 0 bridgehead atoms. The van der Waals surface area contributed by atoms with Crippen LogP contribution >= 0.6 is 22.9 Å². The Bertz CT molecular complexity index is 589. The van der Waals surface area contributed by atoms with Gasteiger partial charge in [-0.15, -0.1) is 0 Å². The van der Waals surface area contributed by atoms with Gasteiger partial charge in [-0.05, 0) is 34.5 Å². The topological polar surface area (TPSA) is 15.3 Å². The first kappa shape index (κ1) is 14.9. The molecule has 0 amide bonds. The first-order valence-corrected chi connectivity index (χ1v) is 8.10. The highest BCUT2D eigenvalue weighted by atomic mass is 35.5. The fourth-order valence-electron chi connectivity index (χ4n) is 2.75. The van der Waals surface area contributed by atoms with E-state index in [0.29, 0.717) is 0 Å². The Morgan fingerprint density at radius 3 is 2.43 bits per heavy atom. The Morgan fingerprint density at radius 1 is 1.19 bits per heavy atom. The molecule has 2 heterocycles. The van der Waals surface area contributed by atoms with Gasteiger partial charge in [-0.2, -0.15) is 11.3 Å². The van der Waals surface area contributed by atoms with E-state index in [4.69, 9.17) is 11.6 Å². The summed E-state index contributed by atoms with van der Waals surface area (Å²) in [4.78, 5) is 2.11. The molecule has 6 heteroatoms. The first-order chi connectivity index (χ1) is 10.2. The van der Waals surface area contributed by atoms with Crippen molar-refractivity contribution in [1.82, 2.24) is 10.2 Å². The average molecular weight is 329 g/mol. The van der Waals surface area contributed by atoms with Crippen molar-refractivity contribution in [2.24, 2.45) is 0 Å². The fourth-order valence-corrected chi connectivity index (χ4v) is 3.62. The highest BCUT2D eigenvalue weighted by Gasteiger charge is 2.29. The zero-order valence-electron chi connectivity index (χ0n) is 11.3. The quantitative estimate of drug-likeness (QED) is 0.924. The summed E-state index contributed by atoms with van der Waals surface area (Å²) in [6.45, 7) is 3.14. The monoisotopic (exact) mass is 328 g/mol. The van der Waals surface area contributed by atoms with Crippen LogP contribution in [0.15, 0.2) is 29.0 Å². The molecule has 0 spiro atoms. The average Bonchev–Trinajstić information content (AvgIpc) is 2.97. The van der Waals surface area contributed by atoms with Crippen molar-refractivity contribution in [1.29, 1.82) is 0 Å². The van der Waals surface area contributed by atoms with E-state index < -0.39 is 17.7 Å². The summed E-state index contributed by atoms with van der Waals surface area (Å²) < 4.78 is 28.7. The molecule has 112 valence electrons. The highest BCUT2D eigenvalue weighted by Crippen LogP contribution is 2.34. The Morgan fingerprint density at radius 2 is 1.86 bits per heavy atom. The van der Waals surface area contributed by atoms with Crippen LogP contribution in [0.1, 0.15) is 17.2 Å². The summed E-state index contributed by atoms with van der Waals surface area (Å²) in [5.74, 6) is -1.18. The summed E-state index contributed by atoms with van der Waals surface area (Å²) in [7, 11) is 0. The summed E-state index contributed by atoms with van der Waals surface area (Å²) >= 11 is 7.26. The molecule has 1 aromatic heterocycles. The smallest absolute Gasteiger partial charge is 0.132 e. The number of nitrogens with one attached hydrogen (secondary N) is 1. The lowest BCUT2D eigenvalue weighted by Gasteiger charge is -2.35. The van der Waals surface area contributed by atoms with E-state index >= 15 is 0 Å². The molecular weight excluding hydrogens is 314 g/mol. The Hall–Kier alpha value is -1.01. The Balaban J connectivity index is 2.07. The van der Waals surface area contributed by atoms with Gasteiger partial charge in [0, 0.05) is 36.8 Å². The third-order valence-corrected chi connectivity index (χ3v) is 4.61. The molecule has 0 radical (unpaired) electrons. The number of hydrogen-bond acceptors (Lipinski definition) is 3. The highest BCUT2D eigenvalue weighted by molar-refractivity contribution is 7.08. The van der Waals surface area contributed by atoms with Gasteiger partial charge in [0.2, 0.25) is 0 Å². The second kappa shape index (κ2) is 6.40. The van der Waals surface area contributed by atoms with Crippen LogP contribution in [-0.2, 0) is 0 Å². The minimum absolute atomic E-state index is 0.0816. The summed E-state index contributed by atoms with van der Waals surface area (Å²) in [6, 6.07) is 3.88. The maximum absolute atomic E-state index is 14.3. The van der Waals surface area contributed by atoms with Crippen LogP contribution in [-0.4, -0.2) is 31.1 Å². The van der Waals surface area contributed by atoms with Crippen molar-refractivity contribution in [3.63, 3.8) is 0 Å². The minimum Gasteiger partial charge on any atom is -0.314 e. The van der Waals surface area contributed by atoms with E-state index in [1.165, 1.54) is 23.5 Å². The van der Waals surface area contributed by atoms with Crippen LogP contribution in [0, 0.1) is 11.6 Å². The summed E-state index contributed by atoms with van der Waals surface area (Å²) in [5.41, 5.74) is 1.00. The van der Waals surface area contributed by atoms with Crippen LogP contribution in [0.4, 0.5) is 8.78 Å². The van der Waals surface area contributed by atoms with Gasteiger partial charge in [-0.25, -0.2) is 8.78 Å². The van der Waals surface area contributed by atoms with Gasteiger partial charge in [0.15, 0.2) is 0 Å². The second-order valence-corrected chi connectivity index (χ2v) is 6.24. The molecule has 1 fully saturated rings. The van der Waals surface area contributed by atoms with Crippen molar-refractivity contribution in [3.05, 3.63) is 56.7 Å². The molecule has 1 aliphatic heterocycles. The zero-order chi connectivity index (χ0) is 14.8. The fraction of sp³-hybridized carbons (Fsp3) is 0.333. The minimum atomic E-state index is -0.588. The molecule has 1 saturated heterocycles. The normalized spacial score (nSPS) is 17.9. The number of halogens is 3. The Labute approximate surface area is 131 Å². The van der Waals surface area contributed by atoms with Gasteiger partial charge in [0.25, 0.3) is 0 Å². The van der Waals surface area contributed by atoms with Crippen molar-refractivity contribution < 1.29 is 8.78 Å². The molecule has 0 unspecified atom stereocenters. The van der Waals surface area contributed by atoms with Crippen LogP contribution in [0.3, 0.4) is 0 Å². The summed E-state index contributed by atoms with van der Waals surface area (Å²) in [5, 5.41) is 7.21. The second-order valence-electron chi connectivity index (χ2n) is 5.03. The molecule has 2 nitrogen and oxygen atoms in total. The number of hydrogen-bond donors (Lipinski definition) is 1. The predicted molar refractivity (Wildman–Crippen MR) is 82.0 cm³/mol. The molecule has 2 aromatic rings. The molecule has 1 N–H and O–H groups in total. The number of nitrogens with zero attached hydrogens (tertiary/aromatic N) is 1. The van der Waals surface area contributed by atoms with Gasteiger partial charge < -0.3 is 5.32 Å². The maximum Gasteiger partial charge on any atom is 0.132 e. The molecule has 21 heavy (non-hydrogen) atoms. The van der Waals surface area contributed by atoms with Crippen LogP contribution in [0.2, 0.25) is 5.02 Å². The van der Waals surface area contributed by atoms with Gasteiger partial charge in [0.05, 0.1) is 6.04 Å². The maximum atomic E-state index is 14.3. The van der Waals surface area contributed by atoms with E-state index in [2.05, 4.69) is 10.2 Å². The Kier molecular flexibility index (Phi) is 4.54. The number of piperazine rings is 1. The van der Waals surface area contributed by atoms with E-state index in [1.54, 1.807) is 0 Å². The van der Waals surface area contributed by atoms with Crippen LogP contribution in [0.5, 0.6) is 0 Å². The van der Waals surface area contributed by atoms with Crippen LogP contribution < -0.4 is 5.32 Å².